The van der Waals surface area contributed by atoms with Crippen LogP contribution in [0.25, 0.3) is 0 Å². The zero-order valence-electron chi connectivity index (χ0n) is 33.8. The van der Waals surface area contributed by atoms with Crippen LogP contribution < -0.4 is 10.6 Å². The Labute approximate surface area is 323 Å². The van der Waals surface area contributed by atoms with Gasteiger partial charge in [0.15, 0.2) is 0 Å². The van der Waals surface area contributed by atoms with Crippen LogP contribution >= 0.6 is 0 Å². The van der Waals surface area contributed by atoms with Gasteiger partial charge in [0.05, 0.1) is 13.2 Å². The van der Waals surface area contributed by atoms with Crippen molar-refractivity contribution in [2.24, 2.45) is 0 Å². The summed E-state index contributed by atoms with van der Waals surface area (Å²) < 4.78 is 5.89. The van der Waals surface area contributed by atoms with Gasteiger partial charge in [0.1, 0.15) is 12.1 Å². The number of aliphatic hydroxyl groups is 1. The van der Waals surface area contributed by atoms with Crippen LogP contribution in [-0.2, 0) is 23.9 Å². The van der Waals surface area contributed by atoms with Gasteiger partial charge in [-0.25, -0.2) is 4.79 Å². The van der Waals surface area contributed by atoms with Gasteiger partial charge in [0.25, 0.3) is 0 Å². The lowest BCUT2D eigenvalue weighted by Crippen LogP contribution is -2.47. The number of hydrogen-bond donors (Lipinski definition) is 4. The molecular weight excluding hydrogens is 668 g/mol. The van der Waals surface area contributed by atoms with Gasteiger partial charge in [0.2, 0.25) is 11.8 Å². The van der Waals surface area contributed by atoms with Crippen LogP contribution in [0.3, 0.4) is 0 Å². The second kappa shape index (κ2) is 38.8. The summed E-state index contributed by atoms with van der Waals surface area (Å²) in [4.78, 5) is 47.5. The number of carboxylic acid groups (broad SMARTS) is 1. The van der Waals surface area contributed by atoms with Crippen molar-refractivity contribution in [2.75, 3.05) is 13.2 Å². The van der Waals surface area contributed by atoms with Gasteiger partial charge in [-0.1, -0.05) is 141 Å². The Morgan fingerprint density at radius 2 is 1.08 bits per heavy atom. The van der Waals surface area contributed by atoms with Gasteiger partial charge in [0, 0.05) is 12.8 Å². The highest BCUT2D eigenvalue weighted by atomic mass is 16.5. The number of carbonyl (C=O) groups is 4. The van der Waals surface area contributed by atoms with Crippen molar-refractivity contribution in [1.29, 1.82) is 0 Å². The second-order valence-corrected chi connectivity index (χ2v) is 14.4. The van der Waals surface area contributed by atoms with Gasteiger partial charge in [-0.3, -0.25) is 14.4 Å². The summed E-state index contributed by atoms with van der Waals surface area (Å²) in [7, 11) is 0. The Morgan fingerprint density at radius 1 is 0.585 bits per heavy atom. The average Bonchev–Trinajstić information content (AvgIpc) is 3.14. The molecule has 53 heavy (non-hydrogen) atoms. The van der Waals surface area contributed by atoms with Crippen molar-refractivity contribution < 1.29 is 34.1 Å². The minimum atomic E-state index is -1.39. The SMILES string of the molecule is CCCCC/C=C\C/C=C\CCCCCCCCCCCC(=O)OC(/C=C\CCCCCCC)CCCCCCC(=O)NCC(=O)NC(CO)C(=O)O. The lowest BCUT2D eigenvalue weighted by molar-refractivity contribution is -0.147. The summed E-state index contributed by atoms with van der Waals surface area (Å²) in [5, 5.41) is 22.5. The normalized spacial score (nSPS) is 12.8. The highest BCUT2D eigenvalue weighted by Gasteiger charge is 2.18. The van der Waals surface area contributed by atoms with E-state index in [1.54, 1.807) is 0 Å². The Bertz CT molecular complexity index is 994. The number of allylic oxidation sites excluding steroid dienone is 5. The molecule has 2 atom stereocenters. The molecule has 0 radical (unpaired) electrons. The Kier molecular flexibility index (Phi) is 36.6. The molecule has 0 aliphatic heterocycles. The van der Waals surface area contributed by atoms with E-state index in [4.69, 9.17) is 14.9 Å². The summed E-state index contributed by atoms with van der Waals surface area (Å²) >= 11 is 0. The highest BCUT2D eigenvalue weighted by molar-refractivity contribution is 5.87. The molecule has 2 unspecified atom stereocenters. The number of aliphatic hydroxyl groups excluding tert-OH is 1. The maximum Gasteiger partial charge on any atom is 0.328 e. The van der Waals surface area contributed by atoms with Crippen LogP contribution in [0.2, 0.25) is 0 Å². The molecule has 0 bridgehead atoms. The number of hydrogen-bond acceptors (Lipinski definition) is 6. The van der Waals surface area contributed by atoms with Crippen molar-refractivity contribution in [3.8, 4) is 0 Å². The summed E-state index contributed by atoms with van der Waals surface area (Å²) in [6.45, 7) is 3.40. The molecule has 0 heterocycles. The van der Waals surface area contributed by atoms with Crippen molar-refractivity contribution in [2.45, 2.75) is 206 Å². The average molecular weight is 747 g/mol. The van der Waals surface area contributed by atoms with Crippen LogP contribution in [0.4, 0.5) is 0 Å². The Hall–Kier alpha value is -2.94. The molecule has 0 fully saturated rings. The lowest BCUT2D eigenvalue weighted by atomic mass is 10.1. The number of unbranched alkanes of at least 4 members (excludes halogenated alkanes) is 20. The van der Waals surface area contributed by atoms with Crippen LogP contribution in [0, 0.1) is 0 Å². The fourth-order valence-corrected chi connectivity index (χ4v) is 6.01. The Balaban J connectivity index is 4.17. The van der Waals surface area contributed by atoms with Crippen LogP contribution in [0.15, 0.2) is 36.5 Å². The van der Waals surface area contributed by atoms with Crippen molar-refractivity contribution in [3.05, 3.63) is 36.5 Å². The third-order valence-corrected chi connectivity index (χ3v) is 9.34. The molecule has 4 N–H and O–H groups in total. The minimum absolute atomic E-state index is 0.117. The van der Waals surface area contributed by atoms with Crippen LogP contribution in [-0.4, -0.2) is 59.3 Å². The van der Waals surface area contributed by atoms with Crippen LogP contribution in [0.5, 0.6) is 0 Å². The number of esters is 1. The molecule has 0 aliphatic carbocycles. The van der Waals surface area contributed by atoms with Crippen molar-refractivity contribution in [1.82, 2.24) is 10.6 Å². The Morgan fingerprint density at radius 3 is 1.66 bits per heavy atom. The molecule has 0 aromatic carbocycles. The van der Waals surface area contributed by atoms with Gasteiger partial charge in [-0.05, 0) is 76.7 Å². The van der Waals surface area contributed by atoms with Gasteiger partial charge >= 0.3 is 11.9 Å². The van der Waals surface area contributed by atoms with E-state index in [1.807, 2.05) is 0 Å². The fourth-order valence-electron chi connectivity index (χ4n) is 6.01. The van der Waals surface area contributed by atoms with E-state index in [2.05, 4.69) is 60.9 Å². The number of carboxylic acids is 1. The molecule has 0 aliphatic rings. The fraction of sp³-hybridized carbons (Fsp3) is 0.773. The molecule has 9 nitrogen and oxygen atoms in total. The number of nitrogens with one attached hydrogen (secondary N) is 2. The predicted molar refractivity (Wildman–Crippen MR) is 218 cm³/mol. The molecule has 306 valence electrons. The van der Waals surface area contributed by atoms with Crippen LogP contribution in [0.1, 0.15) is 194 Å². The largest absolute Gasteiger partial charge is 0.480 e. The van der Waals surface area contributed by atoms with Gasteiger partial charge in [-0.15, -0.1) is 0 Å². The molecular formula is C44H78N2O7. The molecule has 0 saturated heterocycles. The van der Waals surface area contributed by atoms with E-state index in [9.17, 15) is 19.2 Å². The highest BCUT2D eigenvalue weighted by Crippen LogP contribution is 2.16. The van der Waals surface area contributed by atoms with E-state index in [1.165, 1.54) is 103 Å². The molecule has 0 saturated carbocycles. The zero-order chi connectivity index (χ0) is 39.0. The minimum Gasteiger partial charge on any atom is -0.480 e. The summed E-state index contributed by atoms with van der Waals surface area (Å²) in [5.41, 5.74) is 0. The number of carbonyl (C=O) groups excluding carboxylic acids is 3. The maximum absolute atomic E-state index is 12.7. The second-order valence-electron chi connectivity index (χ2n) is 14.4. The number of rotatable bonds is 38. The van der Waals surface area contributed by atoms with E-state index in [0.29, 0.717) is 12.8 Å². The monoisotopic (exact) mass is 747 g/mol. The number of ether oxygens (including phenoxy) is 1. The zero-order valence-corrected chi connectivity index (χ0v) is 33.8. The number of amides is 2. The molecule has 0 spiro atoms. The maximum atomic E-state index is 12.7. The molecule has 9 heteroatoms. The van der Waals surface area contributed by atoms with Crippen molar-refractivity contribution >= 4 is 23.8 Å². The standard InChI is InChI=1S/C44H78N2O7/c1-3-5-7-9-11-12-13-14-15-16-17-18-19-20-21-22-24-26-32-36-43(50)53-39(33-29-25-23-10-8-6-4-2)34-30-27-28-31-35-41(48)45-37-42(49)46-40(38-47)44(51)52/h11-12,14-15,29,33,39-40,47H,3-10,13,16-28,30-32,34-38H2,1-2H3,(H,45,48)(H,46,49)(H,51,52)/b12-11-,15-14-,33-29-. The van der Waals surface area contributed by atoms with Gasteiger partial charge < -0.3 is 25.6 Å². The quantitative estimate of drug-likeness (QED) is 0.0280. The van der Waals surface area contributed by atoms with Gasteiger partial charge in [-0.2, -0.15) is 0 Å². The van der Waals surface area contributed by atoms with Crippen molar-refractivity contribution in [3.63, 3.8) is 0 Å². The predicted octanol–water partition coefficient (Wildman–Crippen LogP) is 10.2. The molecule has 0 rings (SSSR count). The lowest BCUT2D eigenvalue weighted by Gasteiger charge is -2.15. The summed E-state index contributed by atoms with van der Waals surface area (Å²) in [6.07, 6.45) is 43.4. The third kappa shape index (κ3) is 35.8. The topological polar surface area (TPSA) is 142 Å². The van der Waals surface area contributed by atoms with E-state index < -0.39 is 24.5 Å². The first-order valence-electron chi connectivity index (χ1n) is 21.4. The molecule has 0 aromatic rings. The number of aliphatic carboxylic acids is 1. The first-order valence-corrected chi connectivity index (χ1v) is 21.4. The smallest absolute Gasteiger partial charge is 0.328 e. The molecule has 0 aromatic heterocycles. The molecule has 2 amide bonds. The van der Waals surface area contributed by atoms with E-state index in [0.717, 1.165) is 57.8 Å². The summed E-state index contributed by atoms with van der Waals surface area (Å²) in [5.74, 6) is -2.40. The first-order chi connectivity index (χ1) is 25.8. The third-order valence-electron chi connectivity index (χ3n) is 9.34. The van der Waals surface area contributed by atoms with E-state index in [-0.39, 0.29) is 30.9 Å². The van der Waals surface area contributed by atoms with E-state index >= 15 is 0 Å². The summed E-state index contributed by atoms with van der Waals surface area (Å²) in [6, 6.07) is -1.39. The first kappa shape index (κ1) is 50.1.